The molecule has 0 spiro atoms. The van der Waals surface area contributed by atoms with E-state index < -0.39 is 10.0 Å². The molecule has 28 heavy (non-hydrogen) atoms. The summed E-state index contributed by atoms with van der Waals surface area (Å²) < 4.78 is 26.3. The smallest absolute Gasteiger partial charge is 0.255 e. The average Bonchev–Trinajstić information content (AvgIpc) is 3.16. The Hall–Kier alpha value is -1.52. The first-order valence-corrected chi connectivity index (χ1v) is 11.8. The number of piperazine rings is 1. The fraction of sp³-hybridized carbons (Fsp3) is 0.444. The molecule has 10 heteroatoms. The van der Waals surface area contributed by atoms with Crippen LogP contribution in [-0.2, 0) is 23.0 Å². The second-order valence-electron chi connectivity index (χ2n) is 6.50. The standard InChI is InChI=1S/C18H23ClN4O3S2/c1-3-17-21-13(12-27-17)11-22-6-8-23(9-7-22)18(24)15-10-14(4-5-16(15)19)28(25,26)20-2/h4-5,10,12,20H,3,6-9,11H2,1-2H3. The summed E-state index contributed by atoms with van der Waals surface area (Å²) in [7, 11) is -2.31. The van der Waals surface area contributed by atoms with Gasteiger partial charge in [0.2, 0.25) is 10.0 Å². The molecule has 0 unspecified atom stereocenters. The average molecular weight is 443 g/mol. The first-order chi connectivity index (χ1) is 13.3. The highest BCUT2D eigenvalue weighted by molar-refractivity contribution is 7.89. The van der Waals surface area contributed by atoms with Crippen molar-refractivity contribution in [2.24, 2.45) is 0 Å². The number of nitrogens with zero attached hydrogens (tertiary/aromatic N) is 3. The number of rotatable bonds is 6. The SMILES string of the molecule is CCc1nc(CN2CCN(C(=O)c3cc(S(=O)(=O)NC)ccc3Cl)CC2)cs1. The third-order valence-corrected chi connectivity index (χ3v) is 7.48. The highest BCUT2D eigenvalue weighted by Crippen LogP contribution is 2.23. The van der Waals surface area contributed by atoms with Gasteiger partial charge in [-0.15, -0.1) is 11.3 Å². The fourth-order valence-corrected chi connectivity index (χ4v) is 4.74. The number of carbonyl (C=O) groups excluding carboxylic acids is 1. The summed E-state index contributed by atoms with van der Waals surface area (Å²) in [5, 5.41) is 3.47. The summed E-state index contributed by atoms with van der Waals surface area (Å²) in [6.07, 6.45) is 0.941. The largest absolute Gasteiger partial charge is 0.336 e. The lowest BCUT2D eigenvalue weighted by Gasteiger charge is -2.34. The lowest BCUT2D eigenvalue weighted by molar-refractivity contribution is 0.0627. The van der Waals surface area contributed by atoms with Gasteiger partial charge in [-0.25, -0.2) is 18.1 Å². The molecule has 0 saturated carbocycles. The lowest BCUT2D eigenvalue weighted by atomic mass is 10.1. The molecular weight excluding hydrogens is 420 g/mol. The topological polar surface area (TPSA) is 82.6 Å². The van der Waals surface area contributed by atoms with E-state index in [-0.39, 0.29) is 21.4 Å². The maximum absolute atomic E-state index is 12.9. The van der Waals surface area contributed by atoms with E-state index in [2.05, 4.69) is 26.9 Å². The predicted molar refractivity (Wildman–Crippen MR) is 110 cm³/mol. The van der Waals surface area contributed by atoms with Crippen LogP contribution in [0.1, 0.15) is 28.0 Å². The van der Waals surface area contributed by atoms with E-state index in [4.69, 9.17) is 11.6 Å². The number of sulfonamides is 1. The van der Waals surface area contributed by atoms with Gasteiger partial charge < -0.3 is 4.90 Å². The molecule has 1 fully saturated rings. The van der Waals surface area contributed by atoms with Gasteiger partial charge in [-0.3, -0.25) is 9.69 Å². The van der Waals surface area contributed by atoms with Crippen LogP contribution in [0.15, 0.2) is 28.5 Å². The van der Waals surface area contributed by atoms with Crippen LogP contribution >= 0.6 is 22.9 Å². The van der Waals surface area contributed by atoms with Crippen LogP contribution < -0.4 is 4.72 Å². The second-order valence-corrected chi connectivity index (χ2v) is 9.74. The maximum Gasteiger partial charge on any atom is 0.255 e. The predicted octanol–water partition coefficient (Wildman–Crippen LogP) is 2.23. The van der Waals surface area contributed by atoms with E-state index in [1.54, 1.807) is 16.2 Å². The molecule has 3 rings (SSSR count). The van der Waals surface area contributed by atoms with Crippen LogP contribution in [0, 0.1) is 0 Å². The molecule has 2 aromatic rings. The molecule has 0 atom stereocenters. The van der Waals surface area contributed by atoms with Gasteiger partial charge >= 0.3 is 0 Å². The number of amides is 1. The minimum Gasteiger partial charge on any atom is -0.336 e. The van der Waals surface area contributed by atoms with Crippen LogP contribution in [0.25, 0.3) is 0 Å². The summed E-state index contributed by atoms with van der Waals surface area (Å²) >= 11 is 7.85. The van der Waals surface area contributed by atoms with Gasteiger partial charge in [-0.1, -0.05) is 18.5 Å². The number of carbonyl (C=O) groups is 1. The Morgan fingerprint density at radius 1 is 1.29 bits per heavy atom. The molecule has 1 aromatic heterocycles. The van der Waals surface area contributed by atoms with Crippen molar-refractivity contribution in [3.05, 3.63) is 44.9 Å². The molecule has 2 heterocycles. The monoisotopic (exact) mass is 442 g/mol. The van der Waals surface area contributed by atoms with E-state index in [1.807, 2.05) is 0 Å². The van der Waals surface area contributed by atoms with Crippen molar-refractivity contribution in [3.8, 4) is 0 Å². The van der Waals surface area contributed by atoms with Crippen molar-refractivity contribution in [1.29, 1.82) is 0 Å². The molecule has 1 N–H and O–H groups in total. The molecule has 0 aliphatic carbocycles. The van der Waals surface area contributed by atoms with E-state index in [1.165, 1.54) is 25.2 Å². The molecule has 1 amide bonds. The summed E-state index contributed by atoms with van der Waals surface area (Å²) in [5.74, 6) is -0.250. The molecular formula is C18H23ClN4O3S2. The van der Waals surface area contributed by atoms with Crippen LogP contribution in [0.2, 0.25) is 5.02 Å². The normalized spacial score (nSPS) is 15.8. The van der Waals surface area contributed by atoms with Gasteiger partial charge in [0.25, 0.3) is 5.91 Å². The number of hydrogen-bond acceptors (Lipinski definition) is 6. The summed E-state index contributed by atoms with van der Waals surface area (Å²) in [6, 6.07) is 4.18. The number of hydrogen-bond donors (Lipinski definition) is 1. The zero-order chi connectivity index (χ0) is 20.3. The van der Waals surface area contributed by atoms with Gasteiger partial charge in [0.1, 0.15) is 0 Å². The number of benzene rings is 1. The molecule has 1 saturated heterocycles. The first-order valence-electron chi connectivity index (χ1n) is 9.02. The Labute approximate surface area is 174 Å². The summed E-state index contributed by atoms with van der Waals surface area (Å²) in [4.78, 5) is 21.5. The lowest BCUT2D eigenvalue weighted by Crippen LogP contribution is -2.48. The molecule has 1 aromatic carbocycles. The van der Waals surface area contributed by atoms with Crippen molar-refractivity contribution in [3.63, 3.8) is 0 Å². The molecule has 152 valence electrons. The van der Waals surface area contributed by atoms with Crippen LogP contribution in [0.3, 0.4) is 0 Å². The minimum atomic E-state index is -3.64. The van der Waals surface area contributed by atoms with E-state index in [9.17, 15) is 13.2 Å². The quantitative estimate of drug-likeness (QED) is 0.741. The third-order valence-electron chi connectivity index (χ3n) is 4.69. The van der Waals surface area contributed by atoms with Crippen LogP contribution in [0.5, 0.6) is 0 Å². The highest BCUT2D eigenvalue weighted by Gasteiger charge is 2.25. The van der Waals surface area contributed by atoms with Gasteiger partial charge in [-0.2, -0.15) is 0 Å². The number of aryl methyl sites for hydroxylation is 1. The Balaban J connectivity index is 1.66. The van der Waals surface area contributed by atoms with Crippen LogP contribution in [0.4, 0.5) is 0 Å². The molecule has 0 radical (unpaired) electrons. The molecule has 1 aliphatic rings. The number of thiazole rings is 1. The first kappa shape index (κ1) is 21.2. The van der Waals surface area contributed by atoms with Crippen molar-refractivity contribution in [2.45, 2.75) is 24.8 Å². The number of halogens is 1. The van der Waals surface area contributed by atoms with Gasteiger partial charge in [0.05, 0.1) is 26.2 Å². The minimum absolute atomic E-state index is 0.0247. The van der Waals surface area contributed by atoms with E-state index in [0.717, 1.165) is 36.8 Å². The Kier molecular flexibility index (Phi) is 6.72. The molecule has 1 aliphatic heterocycles. The maximum atomic E-state index is 12.9. The fourth-order valence-electron chi connectivity index (χ4n) is 3.05. The van der Waals surface area contributed by atoms with Crippen molar-refractivity contribution >= 4 is 38.9 Å². The van der Waals surface area contributed by atoms with E-state index in [0.29, 0.717) is 13.1 Å². The second kappa shape index (κ2) is 8.87. The van der Waals surface area contributed by atoms with Crippen molar-refractivity contribution < 1.29 is 13.2 Å². The zero-order valence-electron chi connectivity index (χ0n) is 15.8. The number of aromatic nitrogens is 1. The number of nitrogens with one attached hydrogen (secondary N) is 1. The van der Waals surface area contributed by atoms with Gasteiger partial charge in [-0.05, 0) is 31.7 Å². The molecule has 0 bridgehead atoms. The Bertz CT molecular complexity index is 953. The highest BCUT2D eigenvalue weighted by atomic mass is 35.5. The van der Waals surface area contributed by atoms with Crippen LogP contribution in [-0.4, -0.2) is 62.3 Å². The third kappa shape index (κ3) is 4.72. The summed E-state index contributed by atoms with van der Waals surface area (Å²) in [6.45, 7) is 5.45. The summed E-state index contributed by atoms with van der Waals surface area (Å²) in [5.41, 5.74) is 1.27. The van der Waals surface area contributed by atoms with E-state index >= 15 is 0 Å². The Morgan fingerprint density at radius 2 is 2.00 bits per heavy atom. The van der Waals surface area contributed by atoms with Gasteiger partial charge in [0.15, 0.2) is 0 Å². The van der Waals surface area contributed by atoms with Crippen molar-refractivity contribution in [2.75, 3.05) is 33.2 Å². The van der Waals surface area contributed by atoms with Gasteiger partial charge in [0, 0.05) is 38.1 Å². The van der Waals surface area contributed by atoms with Crippen molar-refractivity contribution in [1.82, 2.24) is 19.5 Å². The molecule has 7 nitrogen and oxygen atoms in total. The Morgan fingerprint density at radius 3 is 2.61 bits per heavy atom. The zero-order valence-corrected chi connectivity index (χ0v) is 18.2.